The lowest BCUT2D eigenvalue weighted by molar-refractivity contribution is -0.117. The Labute approximate surface area is 94.6 Å². The van der Waals surface area contributed by atoms with E-state index in [-0.39, 0.29) is 5.91 Å². The predicted octanol–water partition coefficient (Wildman–Crippen LogP) is 2.24. The van der Waals surface area contributed by atoms with Crippen LogP contribution in [0.1, 0.15) is 18.1 Å². The highest BCUT2D eigenvalue weighted by molar-refractivity contribution is 6.34. The molecule has 0 aliphatic heterocycles. The van der Waals surface area contributed by atoms with Crippen LogP contribution in [0.2, 0.25) is 5.02 Å². The van der Waals surface area contributed by atoms with Crippen molar-refractivity contribution < 1.29 is 4.79 Å². The van der Waals surface area contributed by atoms with Crippen molar-refractivity contribution in [1.82, 2.24) is 0 Å². The van der Waals surface area contributed by atoms with Crippen molar-refractivity contribution in [2.45, 2.75) is 26.8 Å². The molecule has 1 atom stereocenters. The average Bonchev–Trinajstić information content (AvgIpc) is 2.10. The summed E-state index contributed by atoms with van der Waals surface area (Å²) in [5.74, 6) is -0.233. The van der Waals surface area contributed by atoms with Gasteiger partial charge in [0.2, 0.25) is 5.91 Å². The number of aryl methyl sites for hydroxylation is 2. The Morgan fingerprint density at radius 1 is 1.47 bits per heavy atom. The number of amides is 1. The molecule has 0 spiro atoms. The molecule has 0 bridgehead atoms. The van der Waals surface area contributed by atoms with E-state index >= 15 is 0 Å². The molecule has 0 saturated heterocycles. The molecule has 1 amide bonds. The summed E-state index contributed by atoms with van der Waals surface area (Å²) in [6, 6.07) is 3.23. The van der Waals surface area contributed by atoms with E-state index in [0.29, 0.717) is 10.7 Å². The van der Waals surface area contributed by atoms with Crippen molar-refractivity contribution in [3.05, 3.63) is 28.3 Å². The molecule has 1 rings (SSSR count). The first-order valence-corrected chi connectivity index (χ1v) is 5.13. The zero-order chi connectivity index (χ0) is 11.6. The zero-order valence-corrected chi connectivity index (χ0v) is 9.85. The minimum atomic E-state index is -0.540. The molecule has 4 heteroatoms. The Bertz CT molecular complexity index is 365. The van der Waals surface area contributed by atoms with Crippen LogP contribution in [0.25, 0.3) is 0 Å². The number of carbonyl (C=O) groups is 1. The van der Waals surface area contributed by atoms with Crippen LogP contribution < -0.4 is 11.1 Å². The molecular formula is C11H15ClN2O. The van der Waals surface area contributed by atoms with Gasteiger partial charge in [-0.2, -0.15) is 0 Å². The minimum absolute atomic E-state index is 0.233. The summed E-state index contributed by atoms with van der Waals surface area (Å²) in [5, 5.41) is 3.25. The van der Waals surface area contributed by atoms with E-state index in [2.05, 4.69) is 5.32 Å². The van der Waals surface area contributed by atoms with Crippen LogP contribution in [-0.4, -0.2) is 11.9 Å². The van der Waals surface area contributed by atoms with E-state index in [0.717, 1.165) is 11.1 Å². The first kappa shape index (κ1) is 12.0. The second-order valence-electron chi connectivity index (χ2n) is 3.72. The average molecular weight is 227 g/mol. The van der Waals surface area contributed by atoms with Crippen molar-refractivity contribution in [3.8, 4) is 0 Å². The van der Waals surface area contributed by atoms with Gasteiger partial charge in [0.25, 0.3) is 0 Å². The SMILES string of the molecule is Cc1cc(C)c(NC(=O)C(C)N)c(Cl)c1. The molecule has 0 aliphatic carbocycles. The monoisotopic (exact) mass is 226 g/mol. The number of nitrogens with one attached hydrogen (secondary N) is 1. The van der Waals surface area contributed by atoms with Crippen LogP contribution in [0.5, 0.6) is 0 Å². The minimum Gasteiger partial charge on any atom is -0.323 e. The Morgan fingerprint density at radius 3 is 2.53 bits per heavy atom. The maximum Gasteiger partial charge on any atom is 0.241 e. The number of rotatable bonds is 2. The fraction of sp³-hybridized carbons (Fsp3) is 0.364. The third kappa shape index (κ3) is 2.94. The van der Waals surface area contributed by atoms with Crippen molar-refractivity contribution in [2.75, 3.05) is 5.32 Å². The Kier molecular flexibility index (Phi) is 3.72. The lowest BCUT2D eigenvalue weighted by Crippen LogP contribution is -2.32. The maximum atomic E-state index is 11.4. The van der Waals surface area contributed by atoms with E-state index in [1.54, 1.807) is 6.92 Å². The summed E-state index contributed by atoms with van der Waals surface area (Å²) in [4.78, 5) is 11.4. The van der Waals surface area contributed by atoms with Gasteiger partial charge in [-0.25, -0.2) is 0 Å². The number of carbonyl (C=O) groups excluding carboxylic acids is 1. The van der Waals surface area contributed by atoms with Gasteiger partial charge in [0, 0.05) is 0 Å². The molecule has 0 saturated carbocycles. The lowest BCUT2D eigenvalue weighted by Gasteiger charge is -2.12. The summed E-state index contributed by atoms with van der Waals surface area (Å²) in [5.41, 5.74) is 8.11. The van der Waals surface area contributed by atoms with Gasteiger partial charge >= 0.3 is 0 Å². The number of nitrogens with two attached hydrogens (primary N) is 1. The van der Waals surface area contributed by atoms with Gasteiger partial charge in [-0.1, -0.05) is 17.7 Å². The van der Waals surface area contributed by atoms with Gasteiger partial charge in [0.15, 0.2) is 0 Å². The molecule has 3 nitrogen and oxygen atoms in total. The third-order valence-corrected chi connectivity index (χ3v) is 2.39. The summed E-state index contributed by atoms with van der Waals surface area (Å²) >= 11 is 6.03. The topological polar surface area (TPSA) is 55.1 Å². The van der Waals surface area contributed by atoms with Crippen LogP contribution in [-0.2, 0) is 4.79 Å². The summed E-state index contributed by atoms with van der Waals surface area (Å²) < 4.78 is 0. The Balaban J connectivity index is 3.00. The number of benzene rings is 1. The number of hydrogen-bond donors (Lipinski definition) is 2. The largest absolute Gasteiger partial charge is 0.323 e. The molecule has 0 aromatic heterocycles. The molecule has 1 unspecified atom stereocenters. The van der Waals surface area contributed by atoms with Crippen LogP contribution in [0.4, 0.5) is 5.69 Å². The first-order valence-electron chi connectivity index (χ1n) is 4.75. The summed E-state index contributed by atoms with van der Waals surface area (Å²) in [6.45, 7) is 5.48. The van der Waals surface area contributed by atoms with Crippen molar-refractivity contribution >= 4 is 23.2 Å². The quantitative estimate of drug-likeness (QED) is 0.813. The van der Waals surface area contributed by atoms with Crippen LogP contribution in [0.3, 0.4) is 0 Å². The van der Waals surface area contributed by atoms with Gasteiger partial charge in [0.05, 0.1) is 16.8 Å². The van der Waals surface area contributed by atoms with E-state index in [9.17, 15) is 4.79 Å². The smallest absolute Gasteiger partial charge is 0.241 e. The molecule has 0 fully saturated rings. The number of halogens is 1. The Hall–Kier alpha value is -1.06. The van der Waals surface area contributed by atoms with Crippen molar-refractivity contribution in [2.24, 2.45) is 5.73 Å². The van der Waals surface area contributed by atoms with E-state index < -0.39 is 6.04 Å². The highest BCUT2D eigenvalue weighted by Gasteiger charge is 2.11. The standard InChI is InChI=1S/C11H15ClN2O/c1-6-4-7(2)10(9(12)5-6)14-11(15)8(3)13/h4-5,8H,13H2,1-3H3,(H,14,15). The van der Waals surface area contributed by atoms with E-state index in [1.807, 2.05) is 26.0 Å². The highest BCUT2D eigenvalue weighted by Crippen LogP contribution is 2.27. The molecule has 0 radical (unpaired) electrons. The fourth-order valence-electron chi connectivity index (χ4n) is 1.31. The van der Waals surface area contributed by atoms with Crippen LogP contribution >= 0.6 is 11.6 Å². The molecule has 15 heavy (non-hydrogen) atoms. The van der Waals surface area contributed by atoms with Gasteiger partial charge in [-0.3, -0.25) is 4.79 Å². The van der Waals surface area contributed by atoms with Gasteiger partial charge < -0.3 is 11.1 Å². The maximum absolute atomic E-state index is 11.4. The van der Waals surface area contributed by atoms with Crippen LogP contribution in [0, 0.1) is 13.8 Å². The van der Waals surface area contributed by atoms with Gasteiger partial charge in [-0.15, -0.1) is 0 Å². The second kappa shape index (κ2) is 4.64. The van der Waals surface area contributed by atoms with E-state index in [1.165, 1.54) is 0 Å². The summed E-state index contributed by atoms with van der Waals surface area (Å²) in [6.07, 6.45) is 0. The second-order valence-corrected chi connectivity index (χ2v) is 4.12. The fourth-order valence-corrected chi connectivity index (χ4v) is 1.68. The molecule has 3 N–H and O–H groups in total. The summed E-state index contributed by atoms with van der Waals surface area (Å²) in [7, 11) is 0. The first-order chi connectivity index (χ1) is 6.91. The van der Waals surface area contributed by atoms with Gasteiger partial charge in [-0.05, 0) is 38.0 Å². The zero-order valence-electron chi connectivity index (χ0n) is 9.10. The van der Waals surface area contributed by atoms with Crippen molar-refractivity contribution in [3.63, 3.8) is 0 Å². The van der Waals surface area contributed by atoms with Crippen LogP contribution in [0.15, 0.2) is 12.1 Å². The van der Waals surface area contributed by atoms with Gasteiger partial charge in [0.1, 0.15) is 0 Å². The molecule has 1 aromatic carbocycles. The number of anilines is 1. The molecule has 82 valence electrons. The molecule has 0 heterocycles. The number of hydrogen-bond acceptors (Lipinski definition) is 2. The van der Waals surface area contributed by atoms with E-state index in [4.69, 9.17) is 17.3 Å². The molecule has 0 aliphatic rings. The third-order valence-electron chi connectivity index (χ3n) is 2.09. The van der Waals surface area contributed by atoms with Crippen molar-refractivity contribution in [1.29, 1.82) is 0 Å². The lowest BCUT2D eigenvalue weighted by atomic mass is 10.1. The predicted molar refractivity (Wildman–Crippen MR) is 63.2 cm³/mol. The molecule has 1 aromatic rings. The highest BCUT2D eigenvalue weighted by atomic mass is 35.5. The normalized spacial score (nSPS) is 12.3. The Morgan fingerprint density at radius 2 is 2.07 bits per heavy atom. The molecular weight excluding hydrogens is 212 g/mol.